The second-order valence-electron chi connectivity index (χ2n) is 10.3. The van der Waals surface area contributed by atoms with Crippen molar-refractivity contribution in [3.05, 3.63) is 11.6 Å². The molecule has 3 saturated carbocycles. The molecule has 27 heavy (non-hydrogen) atoms. The van der Waals surface area contributed by atoms with Gasteiger partial charge in [0.2, 0.25) is 0 Å². The predicted octanol–water partition coefficient (Wildman–Crippen LogP) is 4.06. The first kappa shape index (κ1) is 19.2. The maximum absolute atomic E-state index is 12.5. The molecule has 150 valence electrons. The molecule has 0 aromatic heterocycles. The Morgan fingerprint density at radius 1 is 1.15 bits per heavy atom. The zero-order chi connectivity index (χ0) is 19.6. The lowest BCUT2D eigenvalue weighted by atomic mass is 9.47. The molecule has 0 spiro atoms. The Hall–Kier alpha value is -1.16. The largest absolute Gasteiger partial charge is 0.462 e. The number of fused-ring (bicyclic) bond motifs is 5. The maximum Gasteiger partial charge on any atom is 0.308 e. The molecule has 0 aliphatic heterocycles. The van der Waals surface area contributed by atoms with Gasteiger partial charge in [0.15, 0.2) is 0 Å². The molecule has 0 aromatic rings. The number of carbonyl (C=O) groups is 2. The molecule has 4 heteroatoms. The van der Waals surface area contributed by atoms with Crippen molar-refractivity contribution in [3.63, 3.8) is 0 Å². The van der Waals surface area contributed by atoms with E-state index in [4.69, 9.17) is 4.74 Å². The Morgan fingerprint density at radius 2 is 1.81 bits per heavy atom. The van der Waals surface area contributed by atoms with Gasteiger partial charge in [-0.25, -0.2) is 0 Å². The van der Waals surface area contributed by atoms with Crippen LogP contribution in [0.3, 0.4) is 0 Å². The van der Waals surface area contributed by atoms with Crippen molar-refractivity contribution in [3.8, 4) is 0 Å². The van der Waals surface area contributed by atoms with Crippen LogP contribution in [0.5, 0.6) is 0 Å². The number of rotatable bonds is 2. The summed E-state index contributed by atoms with van der Waals surface area (Å²) in [5.41, 5.74) is 1.11. The molecule has 4 aliphatic rings. The summed E-state index contributed by atoms with van der Waals surface area (Å²) in [5, 5.41) is 11.1. The van der Waals surface area contributed by atoms with Gasteiger partial charge in [-0.2, -0.15) is 0 Å². The van der Waals surface area contributed by atoms with Crippen molar-refractivity contribution in [1.82, 2.24) is 0 Å². The van der Waals surface area contributed by atoms with Crippen molar-refractivity contribution in [1.29, 1.82) is 0 Å². The molecular formula is C23H34O4. The van der Waals surface area contributed by atoms with Gasteiger partial charge in [0, 0.05) is 18.3 Å². The summed E-state index contributed by atoms with van der Waals surface area (Å²) in [5.74, 6) is 1.10. The molecule has 0 radical (unpaired) electrons. The minimum Gasteiger partial charge on any atom is -0.462 e. The lowest BCUT2D eigenvalue weighted by Gasteiger charge is -2.58. The number of hydrogen-bond donors (Lipinski definition) is 1. The van der Waals surface area contributed by atoms with Crippen molar-refractivity contribution in [2.24, 2.45) is 34.5 Å². The number of Topliss-reactive ketones (excluding diaryl/α,β-unsaturated/α-hetero) is 1. The Balaban J connectivity index is 1.59. The Labute approximate surface area is 162 Å². The lowest BCUT2D eigenvalue weighted by Crippen LogP contribution is -2.54. The van der Waals surface area contributed by atoms with Gasteiger partial charge in [-0.05, 0) is 55.3 Å². The smallest absolute Gasteiger partial charge is 0.308 e. The highest BCUT2D eigenvalue weighted by Gasteiger charge is 2.60. The first-order chi connectivity index (χ1) is 12.7. The summed E-state index contributed by atoms with van der Waals surface area (Å²) < 4.78 is 5.71. The van der Waals surface area contributed by atoms with Crippen LogP contribution in [0.4, 0.5) is 0 Å². The van der Waals surface area contributed by atoms with Gasteiger partial charge in [0.05, 0.1) is 12.0 Å². The van der Waals surface area contributed by atoms with E-state index in [-0.39, 0.29) is 34.7 Å². The van der Waals surface area contributed by atoms with Crippen LogP contribution >= 0.6 is 0 Å². The minimum atomic E-state index is -0.479. The topological polar surface area (TPSA) is 63.6 Å². The molecular weight excluding hydrogens is 340 g/mol. The normalized spacial score (nSPS) is 46.4. The van der Waals surface area contributed by atoms with Crippen LogP contribution in [0.2, 0.25) is 0 Å². The van der Waals surface area contributed by atoms with Gasteiger partial charge in [0.1, 0.15) is 11.9 Å². The summed E-state index contributed by atoms with van der Waals surface area (Å²) in [6, 6.07) is 0. The van der Waals surface area contributed by atoms with E-state index in [9.17, 15) is 14.7 Å². The minimum absolute atomic E-state index is 0.0649. The average molecular weight is 375 g/mol. The highest BCUT2D eigenvalue weighted by Crippen LogP contribution is 2.64. The molecule has 1 N–H and O–H groups in total. The van der Waals surface area contributed by atoms with Gasteiger partial charge in [-0.3, -0.25) is 9.59 Å². The van der Waals surface area contributed by atoms with Crippen molar-refractivity contribution in [2.45, 2.75) is 84.8 Å². The molecule has 0 bridgehead atoms. The summed E-state index contributed by atoms with van der Waals surface area (Å²) in [4.78, 5) is 24.5. The number of hydrogen-bond acceptors (Lipinski definition) is 4. The molecule has 7 atom stereocenters. The van der Waals surface area contributed by atoms with Gasteiger partial charge >= 0.3 is 5.97 Å². The highest BCUT2D eigenvalue weighted by molar-refractivity contribution is 5.87. The average Bonchev–Trinajstić information content (AvgIpc) is 2.91. The SMILES string of the molecule is CC(C)C(=O)O[C@H]1CC[C@@]2(C)C(=CC(O)[C@@H]3[C@@H]2CC[C@]2(C)C(=O)CC[C@@H]32)C1. The molecule has 4 nitrogen and oxygen atoms in total. The van der Waals surface area contributed by atoms with Gasteiger partial charge < -0.3 is 9.84 Å². The van der Waals surface area contributed by atoms with Gasteiger partial charge in [0.25, 0.3) is 0 Å². The third kappa shape index (κ3) is 2.82. The Bertz CT molecular complexity index is 680. The standard InChI is InChI=1S/C23H34O4/c1-13(2)21(26)27-15-7-9-22(3)14(11-15)12-18(24)20-16-5-6-19(25)23(16,4)10-8-17(20)22/h12-13,15-18,20,24H,5-11H2,1-4H3/t15-,16-,17-,18?,20-,22-,23-/m0/s1. The van der Waals surface area contributed by atoms with Gasteiger partial charge in [-0.1, -0.05) is 39.3 Å². The molecule has 4 rings (SSSR count). The van der Waals surface area contributed by atoms with Crippen LogP contribution in [0, 0.1) is 34.5 Å². The first-order valence-corrected chi connectivity index (χ1v) is 10.8. The second kappa shape index (κ2) is 6.43. The third-order valence-corrected chi connectivity index (χ3v) is 8.55. The van der Waals surface area contributed by atoms with Crippen LogP contribution in [-0.4, -0.2) is 29.1 Å². The first-order valence-electron chi connectivity index (χ1n) is 10.8. The molecule has 0 amide bonds. The number of ether oxygens (including phenoxy) is 1. The second-order valence-corrected chi connectivity index (χ2v) is 10.3. The van der Waals surface area contributed by atoms with E-state index >= 15 is 0 Å². The quantitative estimate of drug-likeness (QED) is 0.585. The monoisotopic (exact) mass is 374 g/mol. The van der Waals surface area contributed by atoms with Crippen LogP contribution in [0.1, 0.15) is 72.6 Å². The van der Waals surface area contributed by atoms with E-state index in [1.54, 1.807) is 0 Å². The fourth-order valence-corrected chi connectivity index (χ4v) is 6.79. The van der Waals surface area contributed by atoms with E-state index in [0.717, 1.165) is 38.5 Å². The van der Waals surface area contributed by atoms with Gasteiger partial charge in [-0.15, -0.1) is 0 Å². The van der Waals surface area contributed by atoms with E-state index in [1.165, 1.54) is 5.57 Å². The predicted molar refractivity (Wildman–Crippen MR) is 103 cm³/mol. The highest BCUT2D eigenvalue weighted by atomic mass is 16.5. The number of aliphatic hydroxyl groups excluding tert-OH is 1. The number of aliphatic hydroxyl groups is 1. The van der Waals surface area contributed by atoms with Crippen molar-refractivity contribution < 1.29 is 19.4 Å². The van der Waals surface area contributed by atoms with Crippen LogP contribution < -0.4 is 0 Å². The lowest BCUT2D eigenvalue weighted by molar-refractivity contribution is -0.155. The maximum atomic E-state index is 12.5. The fraction of sp³-hybridized carbons (Fsp3) is 0.826. The van der Waals surface area contributed by atoms with Crippen molar-refractivity contribution in [2.75, 3.05) is 0 Å². The number of esters is 1. The third-order valence-electron chi connectivity index (χ3n) is 8.55. The van der Waals surface area contributed by atoms with E-state index < -0.39 is 6.10 Å². The fourth-order valence-electron chi connectivity index (χ4n) is 6.79. The van der Waals surface area contributed by atoms with E-state index in [0.29, 0.717) is 24.0 Å². The molecule has 0 heterocycles. The van der Waals surface area contributed by atoms with Crippen LogP contribution in [-0.2, 0) is 14.3 Å². The Kier molecular flexibility index (Phi) is 4.57. The number of ketones is 1. The molecule has 0 aromatic carbocycles. The van der Waals surface area contributed by atoms with E-state index in [1.807, 2.05) is 13.8 Å². The summed E-state index contributed by atoms with van der Waals surface area (Å²) in [7, 11) is 0. The molecule has 1 unspecified atom stereocenters. The summed E-state index contributed by atoms with van der Waals surface area (Å²) >= 11 is 0. The molecule has 3 fully saturated rings. The zero-order valence-electron chi connectivity index (χ0n) is 17.2. The van der Waals surface area contributed by atoms with E-state index in [2.05, 4.69) is 19.9 Å². The zero-order valence-corrected chi connectivity index (χ0v) is 17.2. The molecule has 0 saturated heterocycles. The summed E-state index contributed by atoms with van der Waals surface area (Å²) in [6.45, 7) is 8.22. The summed E-state index contributed by atoms with van der Waals surface area (Å²) in [6.07, 6.45) is 7.74. The van der Waals surface area contributed by atoms with Crippen LogP contribution in [0.15, 0.2) is 11.6 Å². The van der Waals surface area contributed by atoms with Crippen molar-refractivity contribution >= 4 is 11.8 Å². The molecule has 4 aliphatic carbocycles. The Morgan fingerprint density at radius 3 is 2.52 bits per heavy atom. The van der Waals surface area contributed by atoms with Crippen LogP contribution in [0.25, 0.3) is 0 Å². The number of carbonyl (C=O) groups excluding carboxylic acids is 2.